The summed E-state index contributed by atoms with van der Waals surface area (Å²) in [5.74, 6) is -0.175. The highest BCUT2D eigenvalue weighted by Crippen LogP contribution is 2.58. The van der Waals surface area contributed by atoms with Crippen molar-refractivity contribution >= 4 is 22.9 Å². The SMILES string of the molecule is O=C(N/N=C\c1cccc2ccccc12)[C@H]1CC1(c1ccccc1)c1ccccc1. The van der Waals surface area contributed by atoms with Crippen LogP contribution in [-0.4, -0.2) is 12.1 Å². The molecule has 1 amide bonds. The van der Waals surface area contributed by atoms with Crippen LogP contribution in [-0.2, 0) is 10.2 Å². The minimum Gasteiger partial charge on any atom is -0.273 e. The van der Waals surface area contributed by atoms with Crippen molar-refractivity contribution in [2.24, 2.45) is 11.0 Å². The molecule has 0 radical (unpaired) electrons. The molecule has 4 aromatic rings. The third-order valence-electron chi connectivity index (χ3n) is 6.06. The molecule has 1 fully saturated rings. The molecule has 0 aromatic heterocycles. The van der Waals surface area contributed by atoms with Gasteiger partial charge in [-0.1, -0.05) is 103 Å². The van der Waals surface area contributed by atoms with Gasteiger partial charge in [-0.2, -0.15) is 5.10 Å². The van der Waals surface area contributed by atoms with Crippen LogP contribution in [0.5, 0.6) is 0 Å². The maximum Gasteiger partial charge on any atom is 0.244 e. The molecule has 146 valence electrons. The van der Waals surface area contributed by atoms with Crippen molar-refractivity contribution in [1.82, 2.24) is 5.43 Å². The van der Waals surface area contributed by atoms with E-state index in [0.717, 1.165) is 22.8 Å². The van der Waals surface area contributed by atoms with Crippen LogP contribution in [0.15, 0.2) is 108 Å². The van der Waals surface area contributed by atoms with Crippen LogP contribution >= 0.6 is 0 Å². The van der Waals surface area contributed by atoms with Crippen molar-refractivity contribution in [3.05, 3.63) is 120 Å². The number of benzene rings is 4. The number of nitrogens with one attached hydrogen (secondary N) is 1. The third kappa shape index (κ3) is 3.18. The Labute approximate surface area is 176 Å². The highest BCUT2D eigenvalue weighted by atomic mass is 16.2. The van der Waals surface area contributed by atoms with Gasteiger partial charge in [0.25, 0.3) is 0 Å². The zero-order valence-electron chi connectivity index (χ0n) is 16.5. The van der Waals surface area contributed by atoms with E-state index < -0.39 is 0 Å². The van der Waals surface area contributed by atoms with Gasteiger partial charge in [0, 0.05) is 11.0 Å². The van der Waals surface area contributed by atoms with E-state index in [2.05, 4.69) is 53.0 Å². The predicted molar refractivity (Wildman–Crippen MR) is 121 cm³/mol. The summed E-state index contributed by atoms with van der Waals surface area (Å²) in [5.41, 5.74) is 5.84. The Bertz CT molecular complexity index is 1170. The molecule has 1 atom stereocenters. The van der Waals surface area contributed by atoms with Crippen molar-refractivity contribution in [2.45, 2.75) is 11.8 Å². The number of nitrogens with zero attached hydrogens (tertiary/aromatic N) is 1. The van der Waals surface area contributed by atoms with E-state index in [9.17, 15) is 4.79 Å². The van der Waals surface area contributed by atoms with Crippen LogP contribution in [0.3, 0.4) is 0 Å². The van der Waals surface area contributed by atoms with Gasteiger partial charge >= 0.3 is 0 Å². The smallest absolute Gasteiger partial charge is 0.244 e. The van der Waals surface area contributed by atoms with Crippen LogP contribution in [0.1, 0.15) is 23.1 Å². The Kier molecular flexibility index (Phi) is 4.64. The average Bonchev–Trinajstić information content (AvgIpc) is 3.58. The molecule has 3 nitrogen and oxygen atoms in total. The summed E-state index contributed by atoms with van der Waals surface area (Å²) in [4.78, 5) is 13.0. The number of fused-ring (bicyclic) bond motifs is 1. The molecule has 30 heavy (non-hydrogen) atoms. The van der Waals surface area contributed by atoms with Crippen LogP contribution in [0.2, 0.25) is 0 Å². The monoisotopic (exact) mass is 390 g/mol. The van der Waals surface area contributed by atoms with Gasteiger partial charge < -0.3 is 0 Å². The Hall–Kier alpha value is -3.72. The second-order valence-corrected chi connectivity index (χ2v) is 7.76. The number of carbonyl (C=O) groups is 1. The van der Waals surface area contributed by atoms with E-state index in [-0.39, 0.29) is 17.2 Å². The first kappa shape index (κ1) is 18.3. The van der Waals surface area contributed by atoms with Crippen LogP contribution in [0.4, 0.5) is 0 Å². The lowest BCUT2D eigenvalue weighted by Crippen LogP contribution is -2.25. The molecule has 0 saturated heterocycles. The highest BCUT2D eigenvalue weighted by Gasteiger charge is 2.60. The molecule has 1 aliphatic rings. The summed E-state index contributed by atoms with van der Waals surface area (Å²) in [7, 11) is 0. The number of carbonyl (C=O) groups excluding carboxylic acids is 1. The van der Waals surface area contributed by atoms with Gasteiger partial charge in [-0.25, -0.2) is 5.43 Å². The molecular weight excluding hydrogens is 368 g/mol. The lowest BCUT2D eigenvalue weighted by atomic mass is 9.85. The van der Waals surface area contributed by atoms with Crippen molar-refractivity contribution in [1.29, 1.82) is 0 Å². The number of hydrazone groups is 1. The van der Waals surface area contributed by atoms with Gasteiger partial charge in [0.1, 0.15) is 0 Å². The van der Waals surface area contributed by atoms with Gasteiger partial charge in [0.2, 0.25) is 5.91 Å². The predicted octanol–water partition coefficient (Wildman–Crippen LogP) is 5.30. The van der Waals surface area contributed by atoms with Gasteiger partial charge in [-0.05, 0) is 28.3 Å². The van der Waals surface area contributed by atoms with E-state index >= 15 is 0 Å². The number of amides is 1. The fourth-order valence-electron chi connectivity index (χ4n) is 4.46. The van der Waals surface area contributed by atoms with Gasteiger partial charge in [-0.15, -0.1) is 0 Å². The second-order valence-electron chi connectivity index (χ2n) is 7.76. The molecule has 1 saturated carbocycles. The fraction of sp³-hybridized carbons (Fsp3) is 0.111. The van der Waals surface area contributed by atoms with Crippen molar-refractivity contribution in [2.75, 3.05) is 0 Å². The highest BCUT2D eigenvalue weighted by molar-refractivity contribution is 6.00. The summed E-state index contributed by atoms with van der Waals surface area (Å²) in [5, 5.41) is 6.55. The van der Waals surface area contributed by atoms with Crippen LogP contribution in [0, 0.1) is 5.92 Å². The molecular formula is C27H22N2O. The lowest BCUT2D eigenvalue weighted by Gasteiger charge is -2.18. The van der Waals surface area contributed by atoms with E-state index in [1.54, 1.807) is 6.21 Å². The number of rotatable bonds is 5. The summed E-state index contributed by atoms with van der Waals surface area (Å²) >= 11 is 0. The molecule has 0 aliphatic heterocycles. The average molecular weight is 390 g/mol. The zero-order chi connectivity index (χ0) is 20.4. The lowest BCUT2D eigenvalue weighted by molar-refractivity contribution is -0.122. The second kappa shape index (κ2) is 7.60. The largest absolute Gasteiger partial charge is 0.273 e. The maximum atomic E-state index is 13.0. The number of hydrogen-bond donors (Lipinski definition) is 1. The van der Waals surface area contributed by atoms with Crippen molar-refractivity contribution in [3.8, 4) is 0 Å². The Balaban J connectivity index is 1.38. The van der Waals surface area contributed by atoms with Crippen LogP contribution < -0.4 is 5.43 Å². The molecule has 3 heteroatoms. The fourth-order valence-corrected chi connectivity index (χ4v) is 4.46. The Morgan fingerprint density at radius 3 is 2.10 bits per heavy atom. The maximum absolute atomic E-state index is 13.0. The summed E-state index contributed by atoms with van der Waals surface area (Å²) < 4.78 is 0. The van der Waals surface area contributed by atoms with Crippen molar-refractivity contribution in [3.63, 3.8) is 0 Å². The van der Waals surface area contributed by atoms with Crippen LogP contribution in [0.25, 0.3) is 10.8 Å². The zero-order valence-corrected chi connectivity index (χ0v) is 16.5. The molecule has 4 aromatic carbocycles. The Morgan fingerprint density at radius 2 is 1.40 bits per heavy atom. The summed E-state index contributed by atoms with van der Waals surface area (Å²) in [6, 6.07) is 34.8. The van der Waals surface area contributed by atoms with E-state index in [4.69, 9.17) is 0 Å². The van der Waals surface area contributed by atoms with E-state index in [0.29, 0.717) is 0 Å². The Morgan fingerprint density at radius 1 is 0.800 bits per heavy atom. The molecule has 0 spiro atoms. The van der Waals surface area contributed by atoms with E-state index in [1.165, 1.54) is 11.1 Å². The van der Waals surface area contributed by atoms with Crippen molar-refractivity contribution < 1.29 is 4.79 Å². The van der Waals surface area contributed by atoms with Gasteiger partial charge in [0.15, 0.2) is 0 Å². The van der Waals surface area contributed by atoms with Gasteiger partial charge in [-0.3, -0.25) is 4.79 Å². The molecule has 0 heterocycles. The minimum absolute atomic E-state index is 0.0424. The first-order valence-electron chi connectivity index (χ1n) is 10.2. The van der Waals surface area contributed by atoms with Gasteiger partial charge in [0.05, 0.1) is 12.1 Å². The molecule has 0 unspecified atom stereocenters. The first-order valence-corrected chi connectivity index (χ1v) is 10.2. The molecule has 0 bridgehead atoms. The minimum atomic E-state index is -0.276. The summed E-state index contributed by atoms with van der Waals surface area (Å²) in [6.07, 6.45) is 2.52. The quantitative estimate of drug-likeness (QED) is 0.365. The summed E-state index contributed by atoms with van der Waals surface area (Å²) in [6.45, 7) is 0. The normalized spacial score (nSPS) is 17.1. The standard InChI is InChI=1S/C27H22N2O/c30-26(29-28-19-21-12-9-11-20-10-7-8-17-24(20)21)25-18-27(25,22-13-3-1-4-14-22)23-15-5-2-6-16-23/h1-17,19,25H,18H2,(H,29,30)/b28-19-/t25-/m1/s1. The topological polar surface area (TPSA) is 41.5 Å². The first-order chi connectivity index (χ1) is 14.8. The molecule has 1 N–H and O–H groups in total. The molecule has 1 aliphatic carbocycles. The number of hydrogen-bond acceptors (Lipinski definition) is 2. The third-order valence-corrected chi connectivity index (χ3v) is 6.06. The molecule has 5 rings (SSSR count). The van der Waals surface area contributed by atoms with E-state index in [1.807, 2.05) is 60.7 Å².